The SMILES string of the molecule is O=S(=O)(Oc1ccc(/C=C/C(/C=C/c2ccc(OS(=O)(=O)c3ccccc3)cc2)C[C@@H](O)CCc2ccc(OS(=O)(=O)c3ccccc3)cc2)cc1)c1ccccc1. The Hall–Kier alpha value is -5.99. The second-order valence-corrected chi connectivity index (χ2v) is 17.8. The van der Waals surface area contributed by atoms with E-state index in [-0.39, 0.29) is 37.9 Å². The van der Waals surface area contributed by atoms with E-state index in [1.54, 1.807) is 127 Å². The van der Waals surface area contributed by atoms with Crippen molar-refractivity contribution in [3.63, 3.8) is 0 Å². The van der Waals surface area contributed by atoms with Crippen molar-refractivity contribution in [2.45, 2.75) is 40.1 Å². The molecule has 0 spiro atoms. The molecule has 0 aliphatic rings. The van der Waals surface area contributed by atoms with E-state index < -0.39 is 36.5 Å². The fourth-order valence-electron chi connectivity index (χ4n) is 5.72. The van der Waals surface area contributed by atoms with E-state index in [0.717, 1.165) is 16.7 Å². The van der Waals surface area contributed by atoms with E-state index in [4.69, 9.17) is 12.5 Å². The van der Waals surface area contributed by atoms with Crippen LogP contribution in [0.4, 0.5) is 0 Å². The molecule has 0 saturated heterocycles. The molecule has 1 N–H and O–H groups in total. The summed E-state index contributed by atoms with van der Waals surface area (Å²) in [6.07, 6.45) is 8.18. The molecule has 6 aromatic rings. The second kappa shape index (κ2) is 19.0. The predicted molar refractivity (Wildman–Crippen MR) is 223 cm³/mol. The zero-order valence-corrected chi connectivity index (χ0v) is 33.5. The maximum Gasteiger partial charge on any atom is 0.339 e. The van der Waals surface area contributed by atoms with Gasteiger partial charge in [0, 0.05) is 0 Å². The number of rotatable bonds is 18. The van der Waals surface area contributed by atoms with Crippen molar-refractivity contribution in [3.05, 3.63) is 193 Å². The van der Waals surface area contributed by atoms with Gasteiger partial charge in [-0.1, -0.05) is 115 Å². The molecule has 1 atom stereocenters. The molecule has 13 heteroatoms. The lowest BCUT2D eigenvalue weighted by Gasteiger charge is -2.15. The quantitative estimate of drug-likeness (QED) is 0.0833. The highest BCUT2D eigenvalue weighted by Crippen LogP contribution is 2.25. The summed E-state index contributed by atoms with van der Waals surface area (Å²) in [5.74, 6) is 0.250. The third-order valence-corrected chi connectivity index (χ3v) is 12.6. The van der Waals surface area contributed by atoms with Gasteiger partial charge < -0.3 is 17.7 Å². The van der Waals surface area contributed by atoms with Crippen LogP contribution in [0.1, 0.15) is 29.5 Å². The van der Waals surface area contributed by atoms with Gasteiger partial charge in [-0.3, -0.25) is 0 Å². The molecule has 0 heterocycles. The van der Waals surface area contributed by atoms with Crippen LogP contribution in [0.15, 0.2) is 191 Å². The highest BCUT2D eigenvalue weighted by molar-refractivity contribution is 7.87. The van der Waals surface area contributed by atoms with Gasteiger partial charge in [0.2, 0.25) is 0 Å². The van der Waals surface area contributed by atoms with E-state index >= 15 is 0 Å². The molecule has 0 aliphatic heterocycles. The predicted octanol–water partition coefficient (Wildman–Crippen LogP) is 8.72. The number of aliphatic hydroxyl groups is 1. The van der Waals surface area contributed by atoms with Crippen LogP contribution in [0.2, 0.25) is 0 Å². The Kier molecular flexibility index (Phi) is 13.6. The van der Waals surface area contributed by atoms with E-state index in [2.05, 4.69) is 0 Å². The van der Waals surface area contributed by atoms with Gasteiger partial charge in [-0.25, -0.2) is 0 Å². The molecule has 0 amide bonds. The highest BCUT2D eigenvalue weighted by atomic mass is 32.2. The number of allylic oxidation sites excluding steroid dienone is 2. The maximum absolute atomic E-state index is 12.7. The normalized spacial score (nSPS) is 12.8. The third kappa shape index (κ3) is 12.0. The van der Waals surface area contributed by atoms with Gasteiger partial charge in [0.25, 0.3) is 0 Å². The highest BCUT2D eigenvalue weighted by Gasteiger charge is 2.18. The van der Waals surface area contributed by atoms with Crippen LogP contribution in [-0.4, -0.2) is 36.5 Å². The Morgan fingerprint density at radius 3 is 1.12 bits per heavy atom. The van der Waals surface area contributed by atoms with E-state index in [1.807, 2.05) is 24.3 Å². The Bertz CT molecular complexity index is 2510. The lowest BCUT2D eigenvalue weighted by molar-refractivity contribution is 0.147. The fourth-order valence-corrected chi connectivity index (χ4v) is 8.58. The zero-order chi connectivity index (χ0) is 41.0. The zero-order valence-electron chi connectivity index (χ0n) is 31.0. The first kappa shape index (κ1) is 41.6. The van der Waals surface area contributed by atoms with Gasteiger partial charge in [0.15, 0.2) is 0 Å². The van der Waals surface area contributed by atoms with Gasteiger partial charge in [-0.15, -0.1) is 0 Å². The number of aryl methyl sites for hydroxylation is 1. The van der Waals surface area contributed by atoms with Gasteiger partial charge in [-0.2, -0.15) is 25.3 Å². The van der Waals surface area contributed by atoms with E-state index in [0.29, 0.717) is 19.3 Å². The van der Waals surface area contributed by atoms with Crippen molar-refractivity contribution in [1.29, 1.82) is 0 Å². The van der Waals surface area contributed by atoms with Crippen LogP contribution in [0.3, 0.4) is 0 Å². The molecule has 0 aliphatic carbocycles. The average Bonchev–Trinajstić information content (AvgIpc) is 3.23. The summed E-state index contributed by atoms with van der Waals surface area (Å²) in [7, 11) is -12.0. The number of hydrogen-bond acceptors (Lipinski definition) is 10. The summed E-state index contributed by atoms with van der Waals surface area (Å²) in [5, 5.41) is 11.2. The molecule has 0 radical (unpaired) electrons. The summed E-state index contributed by atoms with van der Waals surface area (Å²) >= 11 is 0. The standard InChI is InChI=1S/C45H40O10S3/c46-39(27-20-37-25-32-42(33-26-37)55-58(51,52)45-14-8-3-9-15-45)34-38(18-16-35-21-28-40(29-22-35)53-56(47,48)43-10-4-1-5-11-43)19-17-36-23-30-41(31-24-36)54-57(49,50)44-12-6-2-7-13-44/h1-19,21-26,28-33,38-39,46H,20,27,34H2/b18-16+,19-17+/t39-/m0/s1. The molecular weight excluding hydrogens is 797 g/mol. The van der Waals surface area contributed by atoms with Crippen molar-refractivity contribution in [1.82, 2.24) is 0 Å². The van der Waals surface area contributed by atoms with Crippen LogP contribution < -0.4 is 12.5 Å². The average molecular weight is 837 g/mol. The summed E-state index contributed by atoms with van der Waals surface area (Å²) in [6, 6.07) is 43.5. The number of benzene rings is 6. The van der Waals surface area contributed by atoms with E-state index in [1.165, 1.54) is 36.4 Å². The lowest BCUT2D eigenvalue weighted by Crippen LogP contribution is -2.12. The molecule has 0 fully saturated rings. The first-order valence-electron chi connectivity index (χ1n) is 18.2. The minimum atomic E-state index is -3.99. The molecular formula is C45H40O10S3. The largest absolute Gasteiger partial charge is 0.393 e. The Balaban J connectivity index is 1.12. The minimum Gasteiger partial charge on any atom is -0.393 e. The molecule has 6 rings (SSSR count). The smallest absolute Gasteiger partial charge is 0.339 e. The molecule has 0 saturated carbocycles. The van der Waals surface area contributed by atoms with Crippen LogP contribution in [-0.2, 0) is 36.8 Å². The van der Waals surface area contributed by atoms with Crippen molar-refractivity contribution < 1.29 is 42.9 Å². The second-order valence-electron chi connectivity index (χ2n) is 13.1. The monoisotopic (exact) mass is 836 g/mol. The Morgan fingerprint density at radius 1 is 0.448 bits per heavy atom. The van der Waals surface area contributed by atoms with Crippen molar-refractivity contribution in [3.8, 4) is 17.2 Å². The van der Waals surface area contributed by atoms with Crippen LogP contribution in [0.25, 0.3) is 12.2 Å². The molecule has 0 bridgehead atoms. The van der Waals surface area contributed by atoms with Gasteiger partial charge in [-0.05, 0) is 115 Å². The first-order chi connectivity index (χ1) is 27.8. The van der Waals surface area contributed by atoms with Crippen LogP contribution >= 0.6 is 0 Å². The van der Waals surface area contributed by atoms with Gasteiger partial charge >= 0.3 is 30.4 Å². The molecule has 0 aromatic heterocycles. The molecule has 0 unspecified atom stereocenters. The van der Waals surface area contributed by atoms with Gasteiger partial charge in [0.1, 0.15) is 31.9 Å². The topological polar surface area (TPSA) is 150 Å². The Labute approximate surface area is 339 Å². The molecule has 10 nitrogen and oxygen atoms in total. The fraction of sp³-hybridized carbons (Fsp3) is 0.111. The van der Waals surface area contributed by atoms with Crippen LogP contribution in [0.5, 0.6) is 17.2 Å². The number of hydrogen-bond donors (Lipinski definition) is 1. The summed E-state index contributed by atoms with van der Waals surface area (Å²) in [4.78, 5) is 0.152. The maximum atomic E-state index is 12.7. The first-order valence-corrected chi connectivity index (χ1v) is 22.4. The van der Waals surface area contributed by atoms with E-state index in [9.17, 15) is 30.4 Å². The molecule has 298 valence electrons. The van der Waals surface area contributed by atoms with Gasteiger partial charge in [0.05, 0.1) is 6.10 Å². The minimum absolute atomic E-state index is 0.0480. The summed E-state index contributed by atoms with van der Waals surface area (Å²) in [5.41, 5.74) is 2.43. The van der Waals surface area contributed by atoms with Crippen LogP contribution in [0, 0.1) is 5.92 Å². The van der Waals surface area contributed by atoms with Crippen molar-refractivity contribution in [2.75, 3.05) is 0 Å². The lowest BCUT2D eigenvalue weighted by atomic mass is 9.95. The summed E-state index contributed by atoms with van der Waals surface area (Å²) in [6.45, 7) is 0. The summed E-state index contributed by atoms with van der Waals surface area (Å²) < 4.78 is 91.7. The molecule has 58 heavy (non-hydrogen) atoms. The van der Waals surface area contributed by atoms with Crippen molar-refractivity contribution >= 4 is 42.5 Å². The van der Waals surface area contributed by atoms with Crippen molar-refractivity contribution in [2.24, 2.45) is 5.92 Å². The molecule has 6 aromatic carbocycles. The third-order valence-electron chi connectivity index (χ3n) is 8.78. The Morgan fingerprint density at radius 2 is 0.776 bits per heavy atom. The number of aliphatic hydroxyl groups excluding tert-OH is 1.